The van der Waals surface area contributed by atoms with Crippen LogP contribution in [0.15, 0.2) is 78.9 Å². The lowest BCUT2D eigenvalue weighted by molar-refractivity contribution is -0.384. The molecule has 0 bridgehead atoms. The van der Waals surface area contributed by atoms with Crippen molar-refractivity contribution >= 4 is 46.5 Å². The van der Waals surface area contributed by atoms with Crippen LogP contribution < -0.4 is 15.1 Å². The Morgan fingerprint density at radius 1 is 0.919 bits per heavy atom. The highest BCUT2D eigenvalue weighted by molar-refractivity contribution is 6.25. The number of fused-ring (bicyclic) bond motifs is 5. The number of carbonyl (C=O) groups excluding carboxylic acids is 3. The molecule has 4 atom stereocenters. The van der Waals surface area contributed by atoms with Crippen LogP contribution in [0.5, 0.6) is 0 Å². The number of nitro groups is 1. The Morgan fingerprint density at radius 3 is 2.30 bits per heavy atom. The minimum Gasteiger partial charge on any atom is -0.351 e. The van der Waals surface area contributed by atoms with Gasteiger partial charge in [-0.2, -0.15) is 0 Å². The van der Waals surface area contributed by atoms with E-state index in [9.17, 15) is 28.9 Å². The number of imide groups is 1. The second kappa shape index (κ2) is 8.37. The van der Waals surface area contributed by atoms with E-state index in [1.165, 1.54) is 48.5 Å². The number of para-hydroxylation sites is 1. The van der Waals surface area contributed by atoms with Crippen molar-refractivity contribution in [1.82, 2.24) is 0 Å². The van der Waals surface area contributed by atoms with E-state index in [-0.39, 0.29) is 11.4 Å². The Labute approximate surface area is 209 Å². The second-order valence-corrected chi connectivity index (χ2v) is 9.09. The first kappa shape index (κ1) is 22.6. The average molecular weight is 498 g/mol. The molecule has 3 aromatic rings. The van der Waals surface area contributed by atoms with Crippen molar-refractivity contribution in [3.05, 3.63) is 100 Å². The van der Waals surface area contributed by atoms with E-state index in [1.807, 2.05) is 41.3 Å². The molecule has 10 heteroatoms. The van der Waals surface area contributed by atoms with E-state index < -0.39 is 52.4 Å². The zero-order valence-electron chi connectivity index (χ0n) is 19.2. The van der Waals surface area contributed by atoms with E-state index in [4.69, 9.17) is 0 Å². The molecule has 6 rings (SSSR count). The maximum absolute atomic E-state index is 13.7. The number of hydrogen-bond donors (Lipinski definition) is 1. The average Bonchev–Trinajstić information content (AvgIpc) is 3.38. The summed E-state index contributed by atoms with van der Waals surface area (Å²) in [4.78, 5) is 54.4. The monoisotopic (exact) mass is 498 g/mol. The molecule has 2 fully saturated rings. The first-order valence-electron chi connectivity index (χ1n) is 11.6. The van der Waals surface area contributed by atoms with E-state index in [0.29, 0.717) is 5.69 Å². The molecule has 0 radical (unpaired) electrons. The van der Waals surface area contributed by atoms with Gasteiger partial charge < -0.3 is 10.2 Å². The van der Waals surface area contributed by atoms with Gasteiger partial charge in [-0.05, 0) is 48.0 Å². The number of amides is 3. The van der Waals surface area contributed by atoms with Crippen molar-refractivity contribution in [1.29, 1.82) is 0 Å². The van der Waals surface area contributed by atoms with Gasteiger partial charge in [-0.15, -0.1) is 0 Å². The molecular weight excluding hydrogens is 479 g/mol. The Balaban J connectivity index is 1.40. The number of nitrogens with one attached hydrogen (secondary N) is 1. The lowest BCUT2D eigenvalue weighted by Crippen LogP contribution is -2.50. The SMILES string of the molecule is O=C(Nc1ccc([N+](=O)[O-])cc1)[C@@H]1[C@H]2C(=O)N(c3ccc(F)cc3)C(=O)[C@@H]2[C@@H]2C=Cc3ccccc3N12. The number of nitro benzene ring substituents is 1. The van der Waals surface area contributed by atoms with Gasteiger partial charge in [0.25, 0.3) is 5.69 Å². The van der Waals surface area contributed by atoms with Gasteiger partial charge >= 0.3 is 0 Å². The topological polar surface area (TPSA) is 113 Å². The summed E-state index contributed by atoms with van der Waals surface area (Å²) >= 11 is 0. The second-order valence-electron chi connectivity index (χ2n) is 9.09. The van der Waals surface area contributed by atoms with Crippen LogP contribution in [-0.4, -0.2) is 34.7 Å². The molecule has 1 N–H and O–H groups in total. The highest BCUT2D eigenvalue weighted by atomic mass is 19.1. The van der Waals surface area contributed by atoms with Crippen molar-refractivity contribution in [2.24, 2.45) is 11.8 Å². The Hall–Kier alpha value is -4.86. The molecule has 184 valence electrons. The molecule has 2 saturated heterocycles. The largest absolute Gasteiger partial charge is 0.351 e. The summed E-state index contributed by atoms with van der Waals surface area (Å²) in [7, 11) is 0. The maximum Gasteiger partial charge on any atom is 0.269 e. The number of benzene rings is 3. The molecule has 3 aliphatic rings. The summed E-state index contributed by atoms with van der Waals surface area (Å²) in [6.45, 7) is 0. The summed E-state index contributed by atoms with van der Waals surface area (Å²) in [6, 6.07) is 16.3. The van der Waals surface area contributed by atoms with Gasteiger partial charge in [0.05, 0.1) is 28.5 Å². The molecule has 0 unspecified atom stereocenters. The Kier molecular flexibility index (Phi) is 5.11. The summed E-state index contributed by atoms with van der Waals surface area (Å²) < 4.78 is 13.5. The van der Waals surface area contributed by atoms with Crippen LogP contribution in [0.4, 0.5) is 27.1 Å². The highest BCUT2D eigenvalue weighted by Gasteiger charge is 2.64. The normalized spacial score (nSPS) is 23.5. The number of non-ortho nitro benzene ring substituents is 1. The van der Waals surface area contributed by atoms with Crippen molar-refractivity contribution in [3.63, 3.8) is 0 Å². The molecular formula is C27H19FN4O5. The van der Waals surface area contributed by atoms with Gasteiger partial charge in [0, 0.05) is 23.5 Å². The van der Waals surface area contributed by atoms with E-state index >= 15 is 0 Å². The van der Waals surface area contributed by atoms with Gasteiger partial charge in [-0.1, -0.05) is 30.4 Å². The Bertz CT molecular complexity index is 1490. The smallest absolute Gasteiger partial charge is 0.269 e. The lowest BCUT2D eigenvalue weighted by atomic mass is 9.88. The van der Waals surface area contributed by atoms with Crippen LogP contribution in [0.2, 0.25) is 0 Å². The van der Waals surface area contributed by atoms with Crippen molar-refractivity contribution in [2.75, 3.05) is 15.1 Å². The highest BCUT2D eigenvalue weighted by Crippen LogP contribution is 2.49. The first-order chi connectivity index (χ1) is 17.8. The summed E-state index contributed by atoms with van der Waals surface area (Å²) in [5.41, 5.74) is 2.01. The van der Waals surface area contributed by atoms with Gasteiger partial charge in [-0.3, -0.25) is 24.5 Å². The van der Waals surface area contributed by atoms with Crippen molar-refractivity contribution < 1.29 is 23.7 Å². The number of carbonyl (C=O) groups is 3. The van der Waals surface area contributed by atoms with E-state index in [0.717, 1.165) is 16.2 Å². The maximum atomic E-state index is 13.7. The van der Waals surface area contributed by atoms with Gasteiger partial charge in [0.15, 0.2) is 0 Å². The number of nitrogens with zero attached hydrogens (tertiary/aromatic N) is 3. The molecule has 0 aromatic heterocycles. The number of rotatable bonds is 4. The quantitative estimate of drug-likeness (QED) is 0.333. The lowest BCUT2D eigenvalue weighted by Gasteiger charge is -2.36. The standard InChI is InChI=1S/C27H19FN4O5/c28-16-6-10-18(11-7-16)30-26(34)22-21-14-5-15-3-1-2-4-20(15)31(21)24(23(22)27(30)35)25(33)29-17-8-12-19(13-9-17)32(36)37/h1-14,21-24H,(H,29,33)/t21-,22+,23-,24-/m0/s1. The molecule has 3 heterocycles. The fourth-order valence-electron chi connectivity index (χ4n) is 5.54. The molecule has 0 spiro atoms. The van der Waals surface area contributed by atoms with Crippen LogP contribution in [0.25, 0.3) is 6.08 Å². The molecule has 3 aliphatic heterocycles. The van der Waals surface area contributed by atoms with Crippen LogP contribution in [0, 0.1) is 27.8 Å². The van der Waals surface area contributed by atoms with Gasteiger partial charge in [-0.25, -0.2) is 9.29 Å². The predicted octanol–water partition coefficient (Wildman–Crippen LogP) is 3.76. The number of anilines is 3. The predicted molar refractivity (Wildman–Crippen MR) is 133 cm³/mol. The van der Waals surface area contributed by atoms with Gasteiger partial charge in [0.1, 0.15) is 11.9 Å². The van der Waals surface area contributed by atoms with Crippen LogP contribution >= 0.6 is 0 Å². The Morgan fingerprint density at radius 2 is 1.59 bits per heavy atom. The zero-order chi connectivity index (χ0) is 25.8. The van der Waals surface area contributed by atoms with E-state index in [1.54, 1.807) is 0 Å². The molecule has 0 aliphatic carbocycles. The summed E-state index contributed by atoms with van der Waals surface area (Å²) in [5.74, 6) is -3.82. The van der Waals surface area contributed by atoms with Crippen molar-refractivity contribution in [2.45, 2.75) is 12.1 Å². The third-order valence-corrected chi connectivity index (χ3v) is 7.11. The molecule has 3 amide bonds. The number of hydrogen-bond acceptors (Lipinski definition) is 6. The summed E-state index contributed by atoms with van der Waals surface area (Å²) in [6.07, 6.45) is 3.71. The third-order valence-electron chi connectivity index (χ3n) is 7.11. The fraction of sp³-hybridized carbons (Fsp3) is 0.148. The van der Waals surface area contributed by atoms with Gasteiger partial charge in [0.2, 0.25) is 17.7 Å². The molecule has 9 nitrogen and oxygen atoms in total. The summed E-state index contributed by atoms with van der Waals surface area (Å²) in [5, 5.41) is 13.8. The minimum atomic E-state index is -1.03. The van der Waals surface area contributed by atoms with Crippen LogP contribution in [0.1, 0.15) is 5.56 Å². The zero-order valence-corrected chi connectivity index (χ0v) is 19.2. The fourth-order valence-corrected chi connectivity index (χ4v) is 5.54. The first-order valence-corrected chi connectivity index (χ1v) is 11.6. The number of halogens is 1. The molecule has 3 aromatic carbocycles. The van der Waals surface area contributed by atoms with E-state index in [2.05, 4.69) is 5.32 Å². The molecule has 37 heavy (non-hydrogen) atoms. The van der Waals surface area contributed by atoms with Crippen LogP contribution in [-0.2, 0) is 14.4 Å². The molecule has 0 saturated carbocycles. The third kappa shape index (κ3) is 3.48. The van der Waals surface area contributed by atoms with Crippen molar-refractivity contribution in [3.8, 4) is 0 Å². The minimum absolute atomic E-state index is 0.124. The van der Waals surface area contributed by atoms with Crippen LogP contribution in [0.3, 0.4) is 0 Å².